The molecule has 2 atom stereocenters. The van der Waals surface area contributed by atoms with E-state index in [2.05, 4.69) is 20.7 Å². The van der Waals surface area contributed by atoms with E-state index >= 15 is 0 Å². The average molecular weight is 354 g/mol. The first kappa shape index (κ1) is 15.7. The normalized spacial score (nSPS) is 14.0. The Morgan fingerprint density at radius 3 is 2.78 bits per heavy atom. The molecule has 0 aliphatic rings. The van der Waals surface area contributed by atoms with Crippen LogP contribution in [0.25, 0.3) is 0 Å². The first-order valence-corrected chi connectivity index (χ1v) is 7.96. The van der Waals surface area contributed by atoms with Crippen LogP contribution in [0.5, 0.6) is 0 Å². The van der Waals surface area contributed by atoms with E-state index in [4.69, 9.17) is 11.6 Å². The van der Waals surface area contributed by atoms with Gasteiger partial charge in [-0.2, -0.15) is 0 Å². The number of rotatable bonds is 5. The highest BCUT2D eigenvalue weighted by Gasteiger charge is 2.17. The second kappa shape index (κ2) is 7.26. The van der Waals surface area contributed by atoms with Gasteiger partial charge < -0.3 is 4.74 Å². The number of esters is 1. The van der Waals surface area contributed by atoms with Crippen molar-refractivity contribution in [1.82, 2.24) is 0 Å². The molecule has 1 aromatic rings. The molecular formula is C12H14BrClO3S. The Hall–Kier alpha value is -0.390. The lowest BCUT2D eigenvalue weighted by atomic mass is 10.2. The zero-order chi connectivity index (χ0) is 13.7. The Morgan fingerprint density at radius 1 is 1.56 bits per heavy atom. The summed E-state index contributed by atoms with van der Waals surface area (Å²) in [5.74, 6) is -0.0951. The maximum atomic E-state index is 11.9. The van der Waals surface area contributed by atoms with Crippen LogP contribution in [0.3, 0.4) is 0 Å². The Balaban J connectivity index is 2.62. The van der Waals surface area contributed by atoms with Crippen LogP contribution >= 0.6 is 27.5 Å². The van der Waals surface area contributed by atoms with Crippen molar-refractivity contribution in [2.24, 2.45) is 5.92 Å². The van der Waals surface area contributed by atoms with Gasteiger partial charge in [0.25, 0.3) is 0 Å². The van der Waals surface area contributed by atoms with Crippen LogP contribution in [-0.4, -0.2) is 23.0 Å². The minimum Gasteiger partial charge on any atom is -0.469 e. The number of benzene rings is 1. The molecule has 0 amide bonds. The fraction of sp³-hybridized carbons (Fsp3) is 0.417. The summed E-state index contributed by atoms with van der Waals surface area (Å²) < 4.78 is 17.4. The summed E-state index contributed by atoms with van der Waals surface area (Å²) in [6.45, 7) is 1.70. The van der Waals surface area contributed by atoms with E-state index in [9.17, 15) is 9.00 Å². The number of carbonyl (C=O) groups is 1. The topological polar surface area (TPSA) is 43.4 Å². The number of carbonyl (C=O) groups excluding carboxylic acids is 1. The van der Waals surface area contributed by atoms with Crippen molar-refractivity contribution >= 4 is 44.3 Å². The van der Waals surface area contributed by atoms with Crippen molar-refractivity contribution in [2.75, 3.05) is 12.9 Å². The van der Waals surface area contributed by atoms with Gasteiger partial charge in [-0.25, -0.2) is 0 Å². The summed E-state index contributed by atoms with van der Waals surface area (Å²) in [5.41, 5.74) is 0.815. The van der Waals surface area contributed by atoms with Gasteiger partial charge in [0.2, 0.25) is 0 Å². The summed E-state index contributed by atoms with van der Waals surface area (Å²) in [7, 11) is 0.186. The molecule has 0 heterocycles. The third kappa shape index (κ3) is 4.71. The number of hydrogen-bond donors (Lipinski definition) is 0. The lowest BCUT2D eigenvalue weighted by molar-refractivity contribution is -0.144. The highest BCUT2D eigenvalue weighted by Crippen LogP contribution is 2.22. The molecule has 0 saturated carbocycles. The molecule has 0 N–H and O–H groups in total. The van der Waals surface area contributed by atoms with Crippen molar-refractivity contribution < 1.29 is 13.7 Å². The predicted molar refractivity (Wildman–Crippen MR) is 77.0 cm³/mol. The molecule has 1 aromatic carbocycles. The van der Waals surface area contributed by atoms with Gasteiger partial charge in [-0.05, 0) is 17.7 Å². The van der Waals surface area contributed by atoms with Gasteiger partial charge in [0.15, 0.2) is 0 Å². The molecule has 0 saturated heterocycles. The third-order valence-corrected chi connectivity index (χ3v) is 4.72. The lowest BCUT2D eigenvalue weighted by Gasteiger charge is -2.09. The molecule has 2 unspecified atom stereocenters. The first-order chi connectivity index (χ1) is 8.43. The molecule has 18 heavy (non-hydrogen) atoms. The van der Waals surface area contributed by atoms with E-state index in [1.54, 1.807) is 13.0 Å². The molecule has 0 aromatic heterocycles. The molecule has 0 aliphatic carbocycles. The summed E-state index contributed by atoms with van der Waals surface area (Å²) in [5, 5.41) is 0.573. The SMILES string of the molecule is COC(=O)C(C)CS(=O)Cc1ccc(Br)cc1Cl. The van der Waals surface area contributed by atoms with Crippen LogP contribution in [-0.2, 0) is 26.1 Å². The molecule has 0 aliphatic heterocycles. The molecule has 0 radical (unpaired) electrons. The van der Waals surface area contributed by atoms with Gasteiger partial charge in [-0.3, -0.25) is 9.00 Å². The Kier molecular flexibility index (Phi) is 6.32. The maximum absolute atomic E-state index is 11.9. The monoisotopic (exact) mass is 352 g/mol. The number of hydrogen-bond acceptors (Lipinski definition) is 3. The number of ether oxygens (including phenoxy) is 1. The van der Waals surface area contributed by atoms with Crippen LogP contribution in [0.2, 0.25) is 5.02 Å². The minimum absolute atomic E-state index is 0.277. The smallest absolute Gasteiger partial charge is 0.309 e. The van der Waals surface area contributed by atoms with Crippen molar-refractivity contribution in [3.05, 3.63) is 33.3 Å². The standard InChI is InChI=1S/C12H14BrClO3S/c1-8(12(15)17-2)6-18(16)7-9-3-4-10(13)5-11(9)14/h3-5,8H,6-7H2,1-2H3. The Labute approximate surface area is 122 Å². The second-order valence-electron chi connectivity index (χ2n) is 3.91. The second-order valence-corrected chi connectivity index (χ2v) is 6.74. The van der Waals surface area contributed by atoms with E-state index in [-0.39, 0.29) is 17.6 Å². The van der Waals surface area contributed by atoms with E-state index in [0.29, 0.717) is 10.8 Å². The minimum atomic E-state index is -1.14. The zero-order valence-corrected chi connectivity index (χ0v) is 13.3. The van der Waals surface area contributed by atoms with E-state index in [1.807, 2.05) is 12.1 Å². The molecule has 1 rings (SSSR count). The quantitative estimate of drug-likeness (QED) is 0.764. The number of methoxy groups -OCH3 is 1. The van der Waals surface area contributed by atoms with Crippen LogP contribution in [0.1, 0.15) is 12.5 Å². The first-order valence-electron chi connectivity index (χ1n) is 5.30. The molecule has 3 nitrogen and oxygen atoms in total. The summed E-state index contributed by atoms with van der Waals surface area (Å²) in [6, 6.07) is 5.44. The van der Waals surface area contributed by atoms with Gasteiger partial charge in [-0.15, -0.1) is 0 Å². The molecule has 0 fully saturated rings. The summed E-state index contributed by atoms with van der Waals surface area (Å²) in [6.07, 6.45) is 0. The van der Waals surface area contributed by atoms with Crippen LogP contribution in [0.15, 0.2) is 22.7 Å². The van der Waals surface area contributed by atoms with Gasteiger partial charge >= 0.3 is 5.97 Å². The molecule has 6 heteroatoms. The van der Waals surface area contributed by atoms with Crippen LogP contribution < -0.4 is 0 Å². The molecule has 100 valence electrons. The van der Waals surface area contributed by atoms with Crippen molar-refractivity contribution in [3.63, 3.8) is 0 Å². The maximum Gasteiger partial charge on any atom is 0.309 e. The summed E-state index contributed by atoms with van der Waals surface area (Å²) in [4.78, 5) is 11.2. The van der Waals surface area contributed by atoms with E-state index in [1.165, 1.54) is 7.11 Å². The highest BCUT2D eigenvalue weighted by atomic mass is 79.9. The zero-order valence-electron chi connectivity index (χ0n) is 10.1. The van der Waals surface area contributed by atoms with Crippen molar-refractivity contribution in [3.8, 4) is 0 Å². The fourth-order valence-corrected chi connectivity index (χ4v) is 3.65. The fourth-order valence-electron chi connectivity index (χ4n) is 1.42. The lowest BCUT2D eigenvalue weighted by Crippen LogP contribution is -2.20. The predicted octanol–water partition coefficient (Wildman–Crippen LogP) is 3.16. The van der Waals surface area contributed by atoms with Crippen LogP contribution in [0, 0.1) is 5.92 Å². The Bertz CT molecular complexity index is 465. The van der Waals surface area contributed by atoms with Gasteiger partial charge in [0.1, 0.15) is 0 Å². The average Bonchev–Trinajstić information content (AvgIpc) is 2.31. The highest BCUT2D eigenvalue weighted by molar-refractivity contribution is 9.10. The summed E-state index contributed by atoms with van der Waals surface area (Å²) >= 11 is 9.35. The largest absolute Gasteiger partial charge is 0.469 e. The van der Waals surface area contributed by atoms with Crippen LogP contribution in [0.4, 0.5) is 0 Å². The molecule has 0 spiro atoms. The van der Waals surface area contributed by atoms with E-state index < -0.39 is 10.8 Å². The third-order valence-electron chi connectivity index (χ3n) is 2.37. The van der Waals surface area contributed by atoms with Crippen molar-refractivity contribution in [1.29, 1.82) is 0 Å². The molecular weight excluding hydrogens is 340 g/mol. The van der Waals surface area contributed by atoms with Crippen molar-refractivity contribution in [2.45, 2.75) is 12.7 Å². The van der Waals surface area contributed by atoms with Gasteiger partial charge in [0, 0.05) is 26.0 Å². The number of halogens is 2. The molecule has 0 bridgehead atoms. The van der Waals surface area contributed by atoms with Gasteiger partial charge in [0.05, 0.1) is 18.8 Å². The van der Waals surface area contributed by atoms with E-state index in [0.717, 1.165) is 10.0 Å². The van der Waals surface area contributed by atoms with Gasteiger partial charge in [-0.1, -0.05) is 40.5 Å². The Morgan fingerprint density at radius 2 is 2.22 bits per heavy atom.